The molecule has 6 heteroatoms. The summed E-state index contributed by atoms with van der Waals surface area (Å²) in [6.45, 7) is 0.557. The highest BCUT2D eigenvalue weighted by Gasteiger charge is 2.34. The molecule has 0 aliphatic carbocycles. The summed E-state index contributed by atoms with van der Waals surface area (Å²) in [5.41, 5.74) is 0. The number of hydrogen-bond donors (Lipinski definition) is 2. The molecule has 1 aliphatic rings. The smallest absolute Gasteiger partial charge is 0.222 e. The summed E-state index contributed by atoms with van der Waals surface area (Å²) in [5, 5.41) is 11.9. The Morgan fingerprint density at radius 3 is 2.60 bits per heavy atom. The number of methoxy groups -OCH3 is 1. The van der Waals surface area contributed by atoms with E-state index in [4.69, 9.17) is 4.74 Å². The number of rotatable bonds is 8. The molecule has 20 heavy (non-hydrogen) atoms. The molecule has 1 saturated heterocycles. The molecule has 0 aromatic carbocycles. The lowest BCUT2D eigenvalue weighted by Gasteiger charge is -2.22. The van der Waals surface area contributed by atoms with Crippen molar-refractivity contribution in [1.29, 1.82) is 0 Å². The zero-order chi connectivity index (χ0) is 15.0. The van der Waals surface area contributed by atoms with Gasteiger partial charge in [0.15, 0.2) is 0 Å². The van der Waals surface area contributed by atoms with Gasteiger partial charge in [0.2, 0.25) is 11.8 Å². The maximum absolute atomic E-state index is 12.1. The molecule has 0 radical (unpaired) electrons. The van der Waals surface area contributed by atoms with Crippen LogP contribution < -0.4 is 5.32 Å². The van der Waals surface area contributed by atoms with E-state index >= 15 is 0 Å². The van der Waals surface area contributed by atoms with Gasteiger partial charge in [0, 0.05) is 33.5 Å². The highest BCUT2D eigenvalue weighted by molar-refractivity contribution is 5.77. The monoisotopic (exact) mass is 286 g/mol. The van der Waals surface area contributed by atoms with Gasteiger partial charge in [-0.3, -0.25) is 9.59 Å². The number of amides is 2. The standard InChI is InChI=1S/C14H26N2O4/c1-15-13(18)6-4-3-5-7-14(19)16-9-12(20-2)8-11(16)10-17/h11-12,17H,3-10H2,1-2H3,(H,15,18). The van der Waals surface area contributed by atoms with E-state index in [1.165, 1.54) is 0 Å². The lowest BCUT2D eigenvalue weighted by molar-refractivity contribution is -0.133. The van der Waals surface area contributed by atoms with Crippen LogP contribution in [0.1, 0.15) is 38.5 Å². The maximum atomic E-state index is 12.1. The zero-order valence-corrected chi connectivity index (χ0v) is 12.4. The second-order valence-corrected chi connectivity index (χ2v) is 5.21. The summed E-state index contributed by atoms with van der Waals surface area (Å²) in [4.78, 5) is 24.9. The Hall–Kier alpha value is -1.14. The molecule has 0 aromatic rings. The molecule has 1 aliphatic heterocycles. The topological polar surface area (TPSA) is 78.9 Å². The predicted molar refractivity (Wildman–Crippen MR) is 75.2 cm³/mol. The van der Waals surface area contributed by atoms with Crippen molar-refractivity contribution in [3.05, 3.63) is 0 Å². The van der Waals surface area contributed by atoms with Crippen LogP contribution in [0.5, 0.6) is 0 Å². The van der Waals surface area contributed by atoms with Gasteiger partial charge in [-0.2, -0.15) is 0 Å². The van der Waals surface area contributed by atoms with Crippen molar-refractivity contribution in [3.63, 3.8) is 0 Å². The molecule has 6 nitrogen and oxygen atoms in total. The third kappa shape index (κ3) is 5.09. The molecule has 116 valence electrons. The Bertz CT molecular complexity index is 322. The predicted octanol–water partition coefficient (Wildman–Crippen LogP) is 0.291. The average molecular weight is 286 g/mol. The largest absolute Gasteiger partial charge is 0.394 e. The van der Waals surface area contributed by atoms with Crippen LogP contribution in [0.15, 0.2) is 0 Å². The molecule has 1 fully saturated rings. The molecular weight excluding hydrogens is 260 g/mol. The second-order valence-electron chi connectivity index (χ2n) is 5.21. The molecule has 0 saturated carbocycles. The van der Waals surface area contributed by atoms with Crippen LogP contribution in [-0.2, 0) is 14.3 Å². The van der Waals surface area contributed by atoms with Gasteiger partial charge < -0.3 is 20.1 Å². The minimum absolute atomic E-state index is 0.0116. The number of likely N-dealkylation sites (tertiary alicyclic amines) is 1. The summed E-state index contributed by atoms with van der Waals surface area (Å²) in [5.74, 6) is 0.114. The maximum Gasteiger partial charge on any atom is 0.222 e. The highest BCUT2D eigenvalue weighted by Crippen LogP contribution is 2.21. The number of carbonyl (C=O) groups is 2. The van der Waals surface area contributed by atoms with Crippen LogP contribution >= 0.6 is 0 Å². The molecule has 1 rings (SSSR count). The molecule has 2 amide bonds. The van der Waals surface area contributed by atoms with E-state index in [0.717, 1.165) is 19.3 Å². The normalized spacial score (nSPS) is 22.1. The number of hydrogen-bond acceptors (Lipinski definition) is 4. The number of carbonyl (C=O) groups excluding carboxylic acids is 2. The molecule has 2 N–H and O–H groups in total. The van der Waals surface area contributed by atoms with E-state index < -0.39 is 0 Å². The van der Waals surface area contributed by atoms with Crippen molar-refractivity contribution in [2.45, 2.75) is 50.7 Å². The zero-order valence-electron chi connectivity index (χ0n) is 12.4. The summed E-state index contributed by atoms with van der Waals surface area (Å²) in [7, 11) is 3.26. The summed E-state index contributed by atoms with van der Waals surface area (Å²) >= 11 is 0. The minimum Gasteiger partial charge on any atom is -0.394 e. The molecule has 0 aromatic heterocycles. The summed E-state index contributed by atoms with van der Waals surface area (Å²) in [6, 6.07) is -0.113. The van der Waals surface area contributed by atoms with Gasteiger partial charge in [0.1, 0.15) is 0 Å². The third-order valence-corrected chi connectivity index (χ3v) is 3.81. The number of aliphatic hydroxyl groups excluding tert-OH is 1. The van der Waals surface area contributed by atoms with Crippen molar-refractivity contribution in [3.8, 4) is 0 Å². The van der Waals surface area contributed by atoms with Crippen LogP contribution in [0.2, 0.25) is 0 Å². The molecule has 2 unspecified atom stereocenters. The average Bonchev–Trinajstić information content (AvgIpc) is 2.89. The quantitative estimate of drug-likeness (QED) is 0.629. The number of nitrogens with one attached hydrogen (secondary N) is 1. The van der Waals surface area contributed by atoms with Crippen molar-refractivity contribution in [2.75, 3.05) is 27.3 Å². The van der Waals surface area contributed by atoms with Crippen LogP contribution in [0.3, 0.4) is 0 Å². The Labute approximate surface area is 120 Å². The number of aliphatic hydroxyl groups is 1. The first-order valence-electron chi connectivity index (χ1n) is 7.26. The fraction of sp³-hybridized carbons (Fsp3) is 0.857. The first-order valence-corrected chi connectivity index (χ1v) is 7.26. The van der Waals surface area contributed by atoms with E-state index in [2.05, 4.69) is 5.32 Å². The molecule has 1 heterocycles. The Balaban J connectivity index is 2.23. The van der Waals surface area contributed by atoms with Crippen LogP contribution in [0.4, 0.5) is 0 Å². The summed E-state index contributed by atoms with van der Waals surface area (Å²) in [6.07, 6.45) is 4.17. The SMILES string of the molecule is CNC(=O)CCCCCC(=O)N1CC(OC)CC1CO. The van der Waals surface area contributed by atoms with Gasteiger partial charge in [0.25, 0.3) is 0 Å². The Morgan fingerprint density at radius 1 is 1.30 bits per heavy atom. The highest BCUT2D eigenvalue weighted by atomic mass is 16.5. The van der Waals surface area contributed by atoms with E-state index in [0.29, 0.717) is 25.8 Å². The third-order valence-electron chi connectivity index (χ3n) is 3.81. The van der Waals surface area contributed by atoms with Crippen molar-refractivity contribution in [1.82, 2.24) is 10.2 Å². The van der Waals surface area contributed by atoms with Gasteiger partial charge in [0.05, 0.1) is 18.8 Å². The van der Waals surface area contributed by atoms with E-state index in [9.17, 15) is 14.7 Å². The molecule has 0 bridgehead atoms. The van der Waals surface area contributed by atoms with E-state index in [-0.39, 0.29) is 30.6 Å². The molecule has 0 spiro atoms. The van der Waals surface area contributed by atoms with Gasteiger partial charge in [-0.05, 0) is 19.3 Å². The minimum atomic E-state index is -0.113. The van der Waals surface area contributed by atoms with Crippen LogP contribution in [-0.4, -0.2) is 61.3 Å². The number of ether oxygens (including phenoxy) is 1. The second kappa shape index (κ2) is 8.92. The molecular formula is C14H26N2O4. The van der Waals surface area contributed by atoms with E-state index in [1.807, 2.05) is 0 Å². The first-order chi connectivity index (χ1) is 9.62. The van der Waals surface area contributed by atoms with Gasteiger partial charge in [-0.25, -0.2) is 0 Å². The van der Waals surface area contributed by atoms with E-state index in [1.54, 1.807) is 19.1 Å². The van der Waals surface area contributed by atoms with Crippen molar-refractivity contribution < 1.29 is 19.4 Å². The van der Waals surface area contributed by atoms with Gasteiger partial charge in [-0.15, -0.1) is 0 Å². The van der Waals surface area contributed by atoms with Crippen molar-refractivity contribution >= 4 is 11.8 Å². The Morgan fingerprint density at radius 2 is 2.00 bits per heavy atom. The van der Waals surface area contributed by atoms with Gasteiger partial charge >= 0.3 is 0 Å². The lowest BCUT2D eigenvalue weighted by Crippen LogP contribution is -2.37. The number of unbranched alkanes of at least 4 members (excludes halogenated alkanes) is 2. The Kier molecular flexibility index (Phi) is 7.54. The molecule has 2 atom stereocenters. The van der Waals surface area contributed by atoms with Crippen LogP contribution in [0.25, 0.3) is 0 Å². The summed E-state index contributed by atoms with van der Waals surface area (Å²) < 4.78 is 5.26. The number of nitrogens with zero attached hydrogens (tertiary/aromatic N) is 1. The first kappa shape index (κ1) is 16.9. The van der Waals surface area contributed by atoms with Crippen LogP contribution in [0, 0.1) is 0 Å². The fourth-order valence-electron chi connectivity index (χ4n) is 2.53. The lowest BCUT2D eigenvalue weighted by atomic mass is 10.1. The fourth-order valence-corrected chi connectivity index (χ4v) is 2.53. The van der Waals surface area contributed by atoms with Crippen molar-refractivity contribution in [2.24, 2.45) is 0 Å². The van der Waals surface area contributed by atoms with Gasteiger partial charge in [-0.1, -0.05) is 6.42 Å².